The maximum atomic E-state index is 16.1. The summed E-state index contributed by atoms with van der Waals surface area (Å²) in [7, 11) is 13.0. The number of nitrogens with zero attached hydrogens (tertiary/aromatic N) is 2. The molecule has 6 rings (SSSR count). The third kappa shape index (κ3) is 9.24. The van der Waals surface area contributed by atoms with Gasteiger partial charge in [0.15, 0.2) is 0 Å². The highest BCUT2D eigenvalue weighted by Crippen LogP contribution is 2.65. The first-order valence-electron chi connectivity index (χ1n) is 23.2. The second-order valence-corrected chi connectivity index (χ2v) is 24.6. The molecule has 64 heavy (non-hydrogen) atoms. The van der Waals surface area contributed by atoms with Crippen molar-refractivity contribution in [2.24, 2.45) is 0 Å². The molecule has 0 spiro atoms. The van der Waals surface area contributed by atoms with E-state index in [0.29, 0.717) is 58.5 Å². The second kappa shape index (κ2) is 16.6. The van der Waals surface area contributed by atoms with Crippen molar-refractivity contribution in [2.75, 3.05) is 68.6 Å². The lowest BCUT2D eigenvalue weighted by Crippen LogP contribution is -2.58. The first kappa shape index (κ1) is 48.8. The summed E-state index contributed by atoms with van der Waals surface area (Å²) in [5.41, 5.74) is 1.41. The van der Waals surface area contributed by atoms with E-state index in [-0.39, 0.29) is 10.8 Å². The van der Waals surface area contributed by atoms with Crippen LogP contribution in [0.4, 0.5) is 0 Å². The lowest BCUT2D eigenvalue weighted by molar-refractivity contribution is -0.870. The molecule has 2 aliphatic heterocycles. The third-order valence-corrected chi connectivity index (χ3v) is 13.0. The van der Waals surface area contributed by atoms with E-state index in [2.05, 4.69) is 150 Å². The number of fused-ring (bicyclic) bond motifs is 2. The second-order valence-electron chi connectivity index (χ2n) is 24.6. The zero-order chi connectivity index (χ0) is 47.6. The van der Waals surface area contributed by atoms with Crippen LogP contribution < -0.4 is 18.9 Å². The Hall–Kier alpha value is -4.66. The molecule has 0 aliphatic carbocycles. The van der Waals surface area contributed by atoms with Gasteiger partial charge in [0, 0.05) is 35.1 Å². The van der Waals surface area contributed by atoms with Gasteiger partial charge >= 0.3 is 11.9 Å². The van der Waals surface area contributed by atoms with Gasteiger partial charge in [-0.25, -0.2) is 0 Å². The Morgan fingerprint density at radius 1 is 0.469 bits per heavy atom. The number of carbonyl (C=O) groups excluding carboxylic acids is 2. The fourth-order valence-corrected chi connectivity index (χ4v) is 9.32. The highest BCUT2D eigenvalue weighted by Gasteiger charge is 2.73. The van der Waals surface area contributed by atoms with E-state index in [1.807, 2.05) is 48.5 Å². The minimum atomic E-state index is -1.76. The molecule has 0 N–H and O–H groups in total. The van der Waals surface area contributed by atoms with Gasteiger partial charge < -0.3 is 27.9 Å². The monoisotopic (exact) mass is 875 g/mol. The van der Waals surface area contributed by atoms with Gasteiger partial charge in [-0.05, 0) is 80.3 Å². The molecule has 8 heteroatoms. The van der Waals surface area contributed by atoms with Crippen molar-refractivity contribution in [3.05, 3.63) is 117 Å². The van der Waals surface area contributed by atoms with Crippen LogP contribution in [0.2, 0.25) is 0 Å². The molecule has 8 nitrogen and oxygen atoms in total. The molecule has 0 saturated heterocycles. The average Bonchev–Trinajstić information content (AvgIpc) is 3.62. The molecule has 0 fully saturated rings. The van der Waals surface area contributed by atoms with Gasteiger partial charge in [-0.15, -0.1) is 0 Å². The van der Waals surface area contributed by atoms with Gasteiger partial charge in [-0.3, -0.25) is 9.59 Å². The molecule has 0 amide bonds. The molecule has 2 aliphatic rings. The number of hydrogen-bond donors (Lipinski definition) is 0. The third-order valence-electron chi connectivity index (χ3n) is 13.0. The summed E-state index contributed by atoms with van der Waals surface area (Å²) >= 11 is 0. The Morgan fingerprint density at radius 2 is 0.781 bits per heavy atom. The Balaban J connectivity index is 1.75. The first-order valence-corrected chi connectivity index (χ1v) is 23.2. The SMILES string of the molecule is CC(C)(C)c1cc(C(C)(C)C)c2c(c1)C(c1ccc(OCCC[N+](C)(C)C)cc1)(C1(c3ccc(OCCC[N+](C)(C)C)cc3)C(=O)Oc3c(C(C)(C)C)cc(C(C)(C)C)cc31)C(=O)O2. The van der Waals surface area contributed by atoms with Crippen molar-refractivity contribution >= 4 is 11.9 Å². The summed E-state index contributed by atoms with van der Waals surface area (Å²) in [4.78, 5) is 32.2. The maximum absolute atomic E-state index is 16.1. The Bertz CT molecular complexity index is 2200. The van der Waals surface area contributed by atoms with Gasteiger partial charge in [-0.1, -0.05) is 119 Å². The predicted octanol–water partition coefficient (Wildman–Crippen LogP) is 10.9. The van der Waals surface area contributed by atoms with Crippen molar-refractivity contribution in [2.45, 2.75) is 128 Å². The lowest BCUT2D eigenvalue weighted by atomic mass is 9.51. The van der Waals surface area contributed by atoms with Crippen LogP contribution in [0.3, 0.4) is 0 Å². The largest absolute Gasteiger partial charge is 0.493 e. The molecule has 0 radical (unpaired) electrons. The molecule has 4 aromatic rings. The molecule has 0 bridgehead atoms. The number of benzene rings is 4. The van der Waals surface area contributed by atoms with Gasteiger partial charge in [0.25, 0.3) is 0 Å². The lowest BCUT2D eigenvalue weighted by Gasteiger charge is -2.43. The smallest absolute Gasteiger partial charge is 0.328 e. The number of hydrogen-bond acceptors (Lipinski definition) is 6. The van der Waals surface area contributed by atoms with Crippen LogP contribution in [0.15, 0.2) is 72.8 Å². The van der Waals surface area contributed by atoms with E-state index in [4.69, 9.17) is 18.9 Å². The van der Waals surface area contributed by atoms with Gasteiger partial charge in [-0.2, -0.15) is 0 Å². The number of rotatable bonds is 13. The number of quaternary nitrogens is 2. The number of esters is 2. The van der Waals surface area contributed by atoms with Crippen LogP contribution in [0.1, 0.15) is 140 Å². The molecular formula is C56H78N2O6+2. The Kier molecular flexibility index (Phi) is 12.7. The molecule has 4 aromatic carbocycles. The van der Waals surface area contributed by atoms with E-state index < -0.39 is 33.6 Å². The number of ether oxygens (including phenoxy) is 4. The van der Waals surface area contributed by atoms with E-state index in [0.717, 1.165) is 57.2 Å². The minimum absolute atomic E-state index is 0.319. The summed E-state index contributed by atoms with van der Waals surface area (Å²) < 4.78 is 27.9. The molecule has 2 heterocycles. The van der Waals surface area contributed by atoms with Crippen LogP contribution in [0.5, 0.6) is 23.0 Å². The van der Waals surface area contributed by atoms with E-state index in [1.54, 1.807) is 0 Å². The van der Waals surface area contributed by atoms with Crippen molar-refractivity contribution in [3.8, 4) is 23.0 Å². The zero-order valence-corrected chi connectivity index (χ0v) is 42.5. The van der Waals surface area contributed by atoms with Crippen LogP contribution in [0.25, 0.3) is 0 Å². The first-order chi connectivity index (χ1) is 29.3. The standard InChI is InChI=1S/C56H78N2O6/c1-51(2,3)39-33-43(53(7,8)9)47-45(35-39)55(49(59)63-47,37-21-25-41(26-22-37)61-31-19-29-57(13,14)15)56(38-23-27-42(28-24-38)62-32-20-30-58(16,17)18)46-36-40(52(4,5)6)34-44(54(10,11)12)48(46)64-50(56)60/h21-28,33-36H,19-20,29-32H2,1-18H3/q+2. The maximum Gasteiger partial charge on any atom is 0.328 e. The fourth-order valence-electron chi connectivity index (χ4n) is 9.32. The topological polar surface area (TPSA) is 71.1 Å². The molecule has 0 aromatic heterocycles. The minimum Gasteiger partial charge on any atom is -0.493 e. The normalized spacial score (nSPS) is 19.3. The summed E-state index contributed by atoms with van der Waals surface area (Å²) in [5.74, 6) is 1.30. The van der Waals surface area contributed by atoms with Crippen molar-refractivity contribution in [1.82, 2.24) is 0 Å². The van der Waals surface area contributed by atoms with Crippen LogP contribution in [0, 0.1) is 0 Å². The van der Waals surface area contributed by atoms with Crippen LogP contribution in [-0.4, -0.2) is 89.5 Å². The van der Waals surface area contributed by atoms with Gasteiger partial charge in [0.05, 0.1) is 68.6 Å². The van der Waals surface area contributed by atoms with Crippen molar-refractivity contribution in [3.63, 3.8) is 0 Å². The summed E-state index contributed by atoms with van der Waals surface area (Å²) in [6.07, 6.45) is 1.76. The average molecular weight is 875 g/mol. The fraction of sp³-hybridized carbons (Fsp3) is 0.536. The van der Waals surface area contributed by atoms with E-state index in [1.165, 1.54) is 0 Å². The zero-order valence-electron chi connectivity index (χ0n) is 42.5. The van der Waals surface area contributed by atoms with Crippen molar-refractivity contribution in [1.29, 1.82) is 0 Å². The summed E-state index contributed by atoms with van der Waals surface area (Å²) in [6, 6.07) is 24.2. The number of carbonyl (C=O) groups is 2. The van der Waals surface area contributed by atoms with E-state index in [9.17, 15) is 0 Å². The molecule has 2 unspecified atom stereocenters. The van der Waals surface area contributed by atoms with Crippen LogP contribution in [-0.2, 0) is 42.1 Å². The van der Waals surface area contributed by atoms with Gasteiger partial charge in [0.2, 0.25) is 0 Å². The van der Waals surface area contributed by atoms with Crippen molar-refractivity contribution < 1.29 is 37.5 Å². The highest BCUT2D eigenvalue weighted by atomic mass is 16.6. The summed E-state index contributed by atoms with van der Waals surface area (Å²) in [6.45, 7) is 29.0. The molecular weight excluding hydrogens is 797 g/mol. The van der Waals surface area contributed by atoms with E-state index >= 15 is 9.59 Å². The highest BCUT2D eigenvalue weighted by molar-refractivity contribution is 6.09. The van der Waals surface area contributed by atoms with Crippen LogP contribution >= 0.6 is 0 Å². The summed E-state index contributed by atoms with van der Waals surface area (Å²) in [5, 5.41) is 0. The molecule has 0 saturated carbocycles. The molecule has 2 atom stereocenters. The Labute approximate surface area is 385 Å². The Morgan fingerprint density at radius 3 is 1.05 bits per heavy atom. The quantitative estimate of drug-likeness (QED) is 0.0577. The predicted molar refractivity (Wildman–Crippen MR) is 259 cm³/mol. The molecule has 346 valence electrons. The van der Waals surface area contributed by atoms with Gasteiger partial charge in [0.1, 0.15) is 33.8 Å².